The number of hydrogen-bond acceptors (Lipinski definition) is 3. The third-order valence-electron chi connectivity index (χ3n) is 2.23. The molecule has 0 heterocycles. The zero-order chi connectivity index (χ0) is 12.5. The van der Waals surface area contributed by atoms with Crippen LogP contribution in [0.5, 0.6) is 5.75 Å². The molecule has 0 aromatic heterocycles. The lowest BCUT2D eigenvalue weighted by Gasteiger charge is -2.11. The van der Waals surface area contributed by atoms with Crippen LogP contribution < -0.4 is 10.5 Å². The highest BCUT2D eigenvalue weighted by molar-refractivity contribution is 9.10. The summed E-state index contributed by atoms with van der Waals surface area (Å²) >= 11 is 5.41. The molecule has 2 N–H and O–H groups in total. The van der Waals surface area contributed by atoms with Gasteiger partial charge in [0.15, 0.2) is 0 Å². The van der Waals surface area contributed by atoms with Gasteiger partial charge in [0, 0.05) is 15.8 Å². The number of ether oxygens (including phenoxy) is 1. The third kappa shape index (κ3) is 5.80. The van der Waals surface area contributed by atoms with Crippen molar-refractivity contribution in [3.63, 3.8) is 0 Å². The van der Waals surface area contributed by atoms with Crippen molar-refractivity contribution in [1.29, 1.82) is 0 Å². The molecule has 0 aliphatic carbocycles. The first-order chi connectivity index (χ1) is 8.27. The average molecular weight is 318 g/mol. The van der Waals surface area contributed by atoms with E-state index < -0.39 is 0 Å². The average Bonchev–Trinajstić information content (AvgIpc) is 2.33. The van der Waals surface area contributed by atoms with Crippen molar-refractivity contribution in [1.82, 2.24) is 0 Å². The molecule has 0 amide bonds. The van der Waals surface area contributed by atoms with E-state index in [9.17, 15) is 0 Å². The van der Waals surface area contributed by atoms with Crippen LogP contribution >= 0.6 is 27.7 Å². The summed E-state index contributed by atoms with van der Waals surface area (Å²) in [5.41, 5.74) is 6.74. The van der Waals surface area contributed by atoms with E-state index >= 15 is 0 Å². The molecular formula is C13H20BrNOS. The van der Waals surface area contributed by atoms with Gasteiger partial charge >= 0.3 is 0 Å². The fourth-order valence-electron chi connectivity index (χ4n) is 1.38. The lowest BCUT2D eigenvalue weighted by Crippen LogP contribution is -2.01. The molecule has 0 atom stereocenters. The maximum atomic E-state index is 5.74. The van der Waals surface area contributed by atoms with Gasteiger partial charge in [0.25, 0.3) is 0 Å². The second-order valence-corrected chi connectivity index (χ2v) is 5.82. The van der Waals surface area contributed by atoms with Crippen LogP contribution in [0.2, 0.25) is 0 Å². The van der Waals surface area contributed by atoms with E-state index in [-0.39, 0.29) is 0 Å². The van der Waals surface area contributed by atoms with Crippen LogP contribution in [-0.4, -0.2) is 18.9 Å². The smallest absolute Gasteiger partial charge is 0.123 e. The van der Waals surface area contributed by atoms with Gasteiger partial charge in [-0.2, -0.15) is 11.8 Å². The zero-order valence-corrected chi connectivity index (χ0v) is 12.6. The molecule has 0 saturated carbocycles. The van der Waals surface area contributed by atoms with Gasteiger partial charge in [0.1, 0.15) is 5.75 Å². The van der Waals surface area contributed by atoms with E-state index in [1.54, 1.807) is 0 Å². The lowest BCUT2D eigenvalue weighted by atomic mass is 10.2. The normalized spacial score (nSPS) is 10.5. The molecule has 96 valence electrons. The fourth-order valence-corrected chi connectivity index (χ4v) is 2.75. The number of halogens is 1. The minimum atomic E-state index is 0.769. The van der Waals surface area contributed by atoms with E-state index in [0.29, 0.717) is 0 Å². The molecule has 4 heteroatoms. The van der Waals surface area contributed by atoms with Crippen molar-refractivity contribution in [3.05, 3.63) is 28.2 Å². The third-order valence-corrected chi connectivity index (χ3v) is 3.82. The van der Waals surface area contributed by atoms with Gasteiger partial charge in [-0.05, 0) is 43.3 Å². The molecule has 0 bridgehead atoms. The number of benzene rings is 1. The summed E-state index contributed by atoms with van der Waals surface area (Å²) in [5, 5.41) is 0. The summed E-state index contributed by atoms with van der Waals surface area (Å²) in [6.45, 7) is 3.67. The van der Waals surface area contributed by atoms with Crippen LogP contribution in [0.15, 0.2) is 22.7 Å². The Bertz CT molecular complexity index is 333. The molecular weight excluding hydrogens is 298 g/mol. The molecule has 1 aromatic carbocycles. The first-order valence-electron chi connectivity index (χ1n) is 5.97. The summed E-state index contributed by atoms with van der Waals surface area (Å²) in [6.07, 6.45) is 2.11. The minimum absolute atomic E-state index is 0.769. The van der Waals surface area contributed by atoms with Gasteiger partial charge < -0.3 is 10.5 Å². The van der Waals surface area contributed by atoms with Crippen molar-refractivity contribution in [2.24, 2.45) is 5.73 Å². The Kier molecular flexibility index (Phi) is 7.73. The molecule has 1 aromatic rings. The second-order valence-electron chi connectivity index (χ2n) is 3.80. The van der Waals surface area contributed by atoms with Crippen LogP contribution in [0.3, 0.4) is 0 Å². The van der Waals surface area contributed by atoms with Gasteiger partial charge in [-0.15, -0.1) is 0 Å². The predicted octanol–water partition coefficient (Wildman–Crippen LogP) is 3.82. The van der Waals surface area contributed by atoms with E-state index in [0.717, 1.165) is 47.7 Å². The lowest BCUT2D eigenvalue weighted by molar-refractivity contribution is 0.315. The highest BCUT2D eigenvalue weighted by atomic mass is 79.9. The molecule has 1 rings (SSSR count). The van der Waals surface area contributed by atoms with Crippen LogP contribution in [-0.2, 0) is 5.75 Å². The molecule has 0 saturated heterocycles. The van der Waals surface area contributed by atoms with Crippen molar-refractivity contribution in [2.75, 3.05) is 18.9 Å². The Balaban J connectivity index is 2.56. The van der Waals surface area contributed by atoms with Gasteiger partial charge in [-0.25, -0.2) is 0 Å². The Hall–Kier alpha value is -0.190. The van der Waals surface area contributed by atoms with Crippen molar-refractivity contribution >= 4 is 27.7 Å². The number of hydrogen-bond donors (Lipinski definition) is 1. The summed E-state index contributed by atoms with van der Waals surface area (Å²) in [7, 11) is 0. The SMILES string of the molecule is CCCOc1ccc(Br)cc1CSCCCN. The van der Waals surface area contributed by atoms with E-state index in [1.807, 2.05) is 23.9 Å². The number of nitrogens with two attached hydrogens (primary N) is 1. The highest BCUT2D eigenvalue weighted by Crippen LogP contribution is 2.27. The van der Waals surface area contributed by atoms with Crippen LogP contribution in [0, 0.1) is 0 Å². The van der Waals surface area contributed by atoms with E-state index in [1.165, 1.54) is 5.56 Å². The maximum absolute atomic E-state index is 5.74. The zero-order valence-electron chi connectivity index (χ0n) is 10.2. The molecule has 0 unspecified atom stereocenters. The Labute approximate surface area is 116 Å². The van der Waals surface area contributed by atoms with E-state index in [4.69, 9.17) is 10.5 Å². The summed E-state index contributed by atoms with van der Waals surface area (Å²) in [6, 6.07) is 6.21. The molecule has 0 radical (unpaired) electrons. The van der Waals surface area contributed by atoms with Crippen molar-refractivity contribution in [3.8, 4) is 5.75 Å². The molecule has 0 spiro atoms. The van der Waals surface area contributed by atoms with Gasteiger partial charge in [-0.3, -0.25) is 0 Å². The first-order valence-corrected chi connectivity index (χ1v) is 7.91. The van der Waals surface area contributed by atoms with Crippen molar-refractivity contribution < 1.29 is 4.74 Å². The molecule has 0 aliphatic rings. The Morgan fingerprint density at radius 2 is 2.24 bits per heavy atom. The van der Waals surface area contributed by atoms with Gasteiger partial charge in [0.2, 0.25) is 0 Å². The van der Waals surface area contributed by atoms with Gasteiger partial charge in [0.05, 0.1) is 6.61 Å². The van der Waals surface area contributed by atoms with Crippen molar-refractivity contribution in [2.45, 2.75) is 25.5 Å². The maximum Gasteiger partial charge on any atom is 0.123 e. The predicted molar refractivity (Wildman–Crippen MR) is 79.8 cm³/mol. The number of thioether (sulfide) groups is 1. The Morgan fingerprint density at radius 3 is 2.94 bits per heavy atom. The van der Waals surface area contributed by atoms with E-state index in [2.05, 4.69) is 28.9 Å². The van der Waals surface area contributed by atoms with Crippen LogP contribution in [0.25, 0.3) is 0 Å². The summed E-state index contributed by atoms with van der Waals surface area (Å²) in [5.74, 6) is 3.10. The molecule has 17 heavy (non-hydrogen) atoms. The van der Waals surface area contributed by atoms with Crippen LogP contribution in [0.1, 0.15) is 25.3 Å². The fraction of sp³-hybridized carbons (Fsp3) is 0.538. The molecule has 0 aliphatic heterocycles. The second kappa shape index (κ2) is 8.84. The topological polar surface area (TPSA) is 35.2 Å². The standard InChI is InChI=1S/C13H20BrNOS/c1-2-7-16-13-5-4-12(14)9-11(13)10-17-8-3-6-15/h4-5,9H,2-3,6-8,10,15H2,1H3. The highest BCUT2D eigenvalue weighted by Gasteiger charge is 2.04. The monoisotopic (exact) mass is 317 g/mol. The first kappa shape index (κ1) is 14.9. The van der Waals surface area contributed by atoms with Crippen LogP contribution in [0.4, 0.5) is 0 Å². The molecule has 0 fully saturated rings. The van der Waals surface area contributed by atoms with Gasteiger partial charge in [-0.1, -0.05) is 22.9 Å². The summed E-state index contributed by atoms with van der Waals surface area (Å²) in [4.78, 5) is 0. The molecule has 2 nitrogen and oxygen atoms in total. The Morgan fingerprint density at radius 1 is 1.41 bits per heavy atom. The quantitative estimate of drug-likeness (QED) is 0.740. The summed E-state index contributed by atoms with van der Waals surface area (Å²) < 4.78 is 6.85. The number of rotatable bonds is 8. The minimum Gasteiger partial charge on any atom is -0.493 e. The largest absolute Gasteiger partial charge is 0.493 e.